The van der Waals surface area contributed by atoms with E-state index in [1.54, 1.807) is 20.5 Å². The highest BCUT2D eigenvalue weighted by Gasteiger charge is 2.42. The number of Topliss-reactive ketones (excluding diaryl/α,β-unsaturated/α-hetero) is 1. The zero-order chi connectivity index (χ0) is 23.1. The number of aryl methyl sites for hydroxylation is 2. The summed E-state index contributed by atoms with van der Waals surface area (Å²) in [5.74, 6) is 2.27. The molecule has 0 aliphatic carbocycles. The van der Waals surface area contributed by atoms with Gasteiger partial charge in [-0.15, -0.1) is 0 Å². The van der Waals surface area contributed by atoms with Gasteiger partial charge in [-0.1, -0.05) is 6.92 Å². The number of ketones is 1. The van der Waals surface area contributed by atoms with Gasteiger partial charge in [0.05, 0.1) is 42.7 Å². The minimum absolute atomic E-state index is 0.0324. The van der Waals surface area contributed by atoms with E-state index < -0.39 is 0 Å². The number of methoxy groups -OCH3 is 2. The highest BCUT2D eigenvalue weighted by molar-refractivity contribution is 5.94. The lowest BCUT2D eigenvalue weighted by Crippen LogP contribution is -2.42. The number of imidazole rings is 1. The van der Waals surface area contributed by atoms with Crippen LogP contribution in [0.1, 0.15) is 30.3 Å². The molecule has 1 saturated heterocycles. The minimum Gasteiger partial charge on any atom is -0.494 e. The molecular weight excluding hydrogens is 420 g/mol. The van der Waals surface area contributed by atoms with Crippen molar-refractivity contribution in [3.8, 4) is 11.4 Å². The van der Waals surface area contributed by atoms with Crippen LogP contribution in [0.3, 0.4) is 0 Å². The molecule has 0 saturated carbocycles. The Kier molecular flexibility index (Phi) is 5.49. The largest absolute Gasteiger partial charge is 0.494 e. The molecule has 3 aromatic rings. The molecular formula is C24H28N6O3. The fraction of sp³-hybridized carbons (Fsp3) is 0.417. The summed E-state index contributed by atoms with van der Waals surface area (Å²) in [5.41, 5.74) is 4.47. The van der Waals surface area contributed by atoms with E-state index in [0.29, 0.717) is 31.1 Å². The van der Waals surface area contributed by atoms with Crippen molar-refractivity contribution in [2.24, 2.45) is 0 Å². The van der Waals surface area contributed by atoms with E-state index in [2.05, 4.69) is 22.1 Å². The Balaban J connectivity index is 1.49. The summed E-state index contributed by atoms with van der Waals surface area (Å²) in [5, 5.41) is 3.33. The van der Waals surface area contributed by atoms with Gasteiger partial charge in [0, 0.05) is 50.0 Å². The minimum atomic E-state index is -0.173. The molecule has 5 rings (SSSR count). The highest BCUT2D eigenvalue weighted by atomic mass is 16.5. The first kappa shape index (κ1) is 21.4. The van der Waals surface area contributed by atoms with E-state index in [-0.39, 0.29) is 17.9 Å². The molecule has 2 atom stereocenters. The van der Waals surface area contributed by atoms with Crippen molar-refractivity contribution in [3.05, 3.63) is 47.7 Å². The van der Waals surface area contributed by atoms with Crippen LogP contribution in [-0.2, 0) is 22.4 Å². The van der Waals surface area contributed by atoms with E-state index in [9.17, 15) is 4.79 Å². The molecule has 1 fully saturated rings. The lowest BCUT2D eigenvalue weighted by atomic mass is 9.95. The maximum Gasteiger partial charge on any atom is 0.229 e. The summed E-state index contributed by atoms with van der Waals surface area (Å²) in [7, 11) is 3.34. The van der Waals surface area contributed by atoms with E-state index in [0.717, 1.165) is 40.6 Å². The quantitative estimate of drug-likeness (QED) is 0.615. The average molecular weight is 449 g/mol. The van der Waals surface area contributed by atoms with Gasteiger partial charge in [-0.25, -0.2) is 9.97 Å². The zero-order valence-electron chi connectivity index (χ0n) is 19.3. The third-order valence-electron chi connectivity index (χ3n) is 6.42. The van der Waals surface area contributed by atoms with Gasteiger partial charge in [0.2, 0.25) is 5.95 Å². The summed E-state index contributed by atoms with van der Waals surface area (Å²) in [6.45, 7) is 4.66. The van der Waals surface area contributed by atoms with Gasteiger partial charge >= 0.3 is 0 Å². The average Bonchev–Trinajstić information content (AvgIpc) is 3.46. The van der Waals surface area contributed by atoms with Crippen LogP contribution in [-0.4, -0.2) is 58.2 Å². The maximum absolute atomic E-state index is 12.8. The molecule has 0 spiro atoms. The van der Waals surface area contributed by atoms with Gasteiger partial charge in [0.25, 0.3) is 0 Å². The van der Waals surface area contributed by atoms with E-state index >= 15 is 0 Å². The molecule has 33 heavy (non-hydrogen) atoms. The Hall–Kier alpha value is -3.46. The lowest BCUT2D eigenvalue weighted by molar-refractivity contribution is -0.120. The fourth-order valence-electron chi connectivity index (χ4n) is 4.73. The summed E-state index contributed by atoms with van der Waals surface area (Å²) in [6, 6.07) is 5.68. The predicted molar refractivity (Wildman–Crippen MR) is 125 cm³/mol. The molecule has 2 aliphatic rings. The molecule has 9 heteroatoms. The fourth-order valence-corrected chi connectivity index (χ4v) is 4.73. The van der Waals surface area contributed by atoms with Crippen LogP contribution in [0, 0.1) is 6.92 Å². The van der Waals surface area contributed by atoms with Crippen LogP contribution in [0.4, 0.5) is 17.5 Å². The van der Waals surface area contributed by atoms with Gasteiger partial charge in [0.1, 0.15) is 11.6 Å². The Labute approximate surface area is 192 Å². The molecule has 2 aromatic heterocycles. The second-order valence-corrected chi connectivity index (χ2v) is 8.49. The molecule has 4 heterocycles. The number of fused-ring (bicyclic) bond motifs is 3. The summed E-state index contributed by atoms with van der Waals surface area (Å²) in [6.07, 6.45) is 5.55. The van der Waals surface area contributed by atoms with Crippen LogP contribution in [0.2, 0.25) is 0 Å². The van der Waals surface area contributed by atoms with Crippen molar-refractivity contribution in [3.63, 3.8) is 0 Å². The van der Waals surface area contributed by atoms with Gasteiger partial charge in [0.15, 0.2) is 5.78 Å². The standard InChI is InChI=1S/C24H28N6O3/c1-5-18-17-10-21(31)20-9-16(32-3)12-30(20)23(17)28-24(27-18)26-15-6-7-19(22(8-15)33-4)29-11-14(2)25-13-29/h6-8,11,13,16,20H,5,9-10,12H2,1-4H3,(H,26,27,28)/t16-,20+/m1/s1. The summed E-state index contributed by atoms with van der Waals surface area (Å²) in [4.78, 5) is 28.7. The number of carbonyl (C=O) groups excluding carboxylic acids is 1. The number of hydrogen-bond donors (Lipinski definition) is 1. The summed E-state index contributed by atoms with van der Waals surface area (Å²) < 4.78 is 13.1. The maximum atomic E-state index is 12.8. The smallest absolute Gasteiger partial charge is 0.229 e. The summed E-state index contributed by atoms with van der Waals surface area (Å²) >= 11 is 0. The van der Waals surface area contributed by atoms with Crippen LogP contribution < -0.4 is 15.0 Å². The van der Waals surface area contributed by atoms with Gasteiger partial charge in [-0.3, -0.25) is 4.79 Å². The lowest BCUT2D eigenvalue weighted by Gasteiger charge is -2.32. The van der Waals surface area contributed by atoms with Crippen molar-refractivity contribution in [1.82, 2.24) is 19.5 Å². The second-order valence-electron chi connectivity index (χ2n) is 8.49. The molecule has 0 bridgehead atoms. The molecule has 1 N–H and O–H groups in total. The number of carbonyl (C=O) groups is 1. The van der Waals surface area contributed by atoms with Crippen molar-refractivity contribution in [1.29, 1.82) is 0 Å². The van der Waals surface area contributed by atoms with Crippen molar-refractivity contribution in [2.75, 3.05) is 31.0 Å². The Bertz CT molecular complexity index is 1210. The van der Waals surface area contributed by atoms with E-state index in [1.165, 1.54) is 0 Å². The van der Waals surface area contributed by atoms with Gasteiger partial charge in [-0.05, 0) is 25.5 Å². The van der Waals surface area contributed by atoms with Crippen LogP contribution in [0.25, 0.3) is 5.69 Å². The molecule has 0 amide bonds. The topological polar surface area (TPSA) is 94.4 Å². The SMILES string of the molecule is CCc1nc(Nc2ccc(-n3cnc(C)c3)c(OC)c2)nc2c1CC(=O)[C@@H]1C[C@@H](OC)CN21. The number of aromatic nitrogens is 4. The first-order valence-corrected chi connectivity index (χ1v) is 11.2. The highest BCUT2D eigenvalue weighted by Crippen LogP contribution is 2.37. The molecule has 2 aliphatic heterocycles. The Morgan fingerprint density at radius 1 is 1.24 bits per heavy atom. The number of ether oxygens (including phenoxy) is 2. The van der Waals surface area contributed by atoms with Gasteiger partial charge < -0.3 is 24.3 Å². The third-order valence-corrected chi connectivity index (χ3v) is 6.42. The monoisotopic (exact) mass is 448 g/mol. The zero-order valence-corrected chi connectivity index (χ0v) is 19.3. The molecule has 172 valence electrons. The molecule has 0 radical (unpaired) electrons. The number of nitrogens with one attached hydrogen (secondary N) is 1. The van der Waals surface area contributed by atoms with E-state index in [4.69, 9.17) is 19.4 Å². The van der Waals surface area contributed by atoms with Crippen LogP contribution >= 0.6 is 0 Å². The number of nitrogens with zero attached hydrogens (tertiary/aromatic N) is 5. The number of hydrogen-bond acceptors (Lipinski definition) is 8. The Morgan fingerprint density at radius 2 is 2.09 bits per heavy atom. The number of benzene rings is 1. The normalized spacial score (nSPS) is 19.4. The first-order chi connectivity index (χ1) is 16.0. The van der Waals surface area contributed by atoms with Crippen molar-refractivity contribution < 1.29 is 14.3 Å². The molecule has 9 nitrogen and oxygen atoms in total. The Morgan fingerprint density at radius 3 is 2.79 bits per heavy atom. The number of anilines is 3. The third kappa shape index (κ3) is 3.82. The van der Waals surface area contributed by atoms with Crippen LogP contribution in [0.5, 0.6) is 5.75 Å². The van der Waals surface area contributed by atoms with Crippen molar-refractivity contribution >= 4 is 23.2 Å². The van der Waals surface area contributed by atoms with Gasteiger partial charge in [-0.2, -0.15) is 4.98 Å². The molecule has 0 unspecified atom stereocenters. The van der Waals surface area contributed by atoms with E-state index in [1.807, 2.05) is 35.9 Å². The van der Waals surface area contributed by atoms with Crippen molar-refractivity contribution in [2.45, 2.75) is 45.3 Å². The molecule has 1 aromatic carbocycles. The number of rotatable bonds is 6. The predicted octanol–water partition coefficient (Wildman–Crippen LogP) is 3.00. The first-order valence-electron chi connectivity index (χ1n) is 11.2. The second kappa shape index (κ2) is 8.47. The van der Waals surface area contributed by atoms with Crippen LogP contribution in [0.15, 0.2) is 30.7 Å².